The highest BCUT2D eigenvalue weighted by molar-refractivity contribution is 5.10. The van der Waals surface area contributed by atoms with Crippen LogP contribution in [0.4, 0.5) is 0 Å². The summed E-state index contributed by atoms with van der Waals surface area (Å²) in [6.45, 7) is 13.0. The Bertz CT molecular complexity index is 383. The van der Waals surface area contributed by atoms with Crippen molar-refractivity contribution in [1.82, 2.24) is 0 Å². The summed E-state index contributed by atoms with van der Waals surface area (Å²) in [6.07, 6.45) is 5.05. The zero-order valence-electron chi connectivity index (χ0n) is 14.4. The Morgan fingerprint density at radius 2 is 2.00 bits per heavy atom. The highest BCUT2D eigenvalue weighted by Gasteiger charge is 2.60. The molecule has 6 atom stereocenters. The first-order valence-corrected chi connectivity index (χ1v) is 8.80. The standard InChI is InChI=1S/C18H32O3/c1-12(2)18-8-7-17(5,21-18)16(10-18)20-11-15-14(4)13(3)6-9-19-15/h12-16H,6-11H2,1-5H3/t13?,14?,15-,16?,17?,18?/m1/s1. The molecule has 3 fully saturated rings. The van der Waals surface area contributed by atoms with E-state index < -0.39 is 0 Å². The molecule has 3 saturated heterocycles. The van der Waals surface area contributed by atoms with Gasteiger partial charge in [-0.05, 0) is 43.9 Å². The lowest BCUT2D eigenvalue weighted by Gasteiger charge is -2.37. The average molecular weight is 296 g/mol. The van der Waals surface area contributed by atoms with Gasteiger partial charge in [-0.15, -0.1) is 0 Å². The van der Waals surface area contributed by atoms with Crippen LogP contribution in [0.15, 0.2) is 0 Å². The Hall–Kier alpha value is -0.120. The van der Waals surface area contributed by atoms with Crippen molar-refractivity contribution in [2.75, 3.05) is 13.2 Å². The fourth-order valence-electron chi connectivity index (χ4n) is 4.40. The van der Waals surface area contributed by atoms with Gasteiger partial charge in [-0.3, -0.25) is 0 Å². The van der Waals surface area contributed by atoms with Gasteiger partial charge < -0.3 is 14.2 Å². The van der Waals surface area contributed by atoms with Gasteiger partial charge in [-0.25, -0.2) is 0 Å². The molecule has 3 heteroatoms. The SMILES string of the molecule is CC1CCO[C@H](COC2CC3(C(C)C)CCC2(C)O3)C1C. The van der Waals surface area contributed by atoms with Crippen molar-refractivity contribution < 1.29 is 14.2 Å². The summed E-state index contributed by atoms with van der Waals surface area (Å²) >= 11 is 0. The van der Waals surface area contributed by atoms with Gasteiger partial charge in [0.1, 0.15) is 0 Å². The summed E-state index contributed by atoms with van der Waals surface area (Å²) in [4.78, 5) is 0. The Balaban J connectivity index is 1.59. The van der Waals surface area contributed by atoms with E-state index in [1.54, 1.807) is 0 Å². The number of hydrogen-bond acceptors (Lipinski definition) is 3. The van der Waals surface area contributed by atoms with Crippen molar-refractivity contribution in [3.05, 3.63) is 0 Å². The van der Waals surface area contributed by atoms with Gasteiger partial charge >= 0.3 is 0 Å². The lowest BCUT2D eigenvalue weighted by atomic mass is 9.75. The van der Waals surface area contributed by atoms with Gasteiger partial charge in [-0.2, -0.15) is 0 Å². The highest BCUT2D eigenvalue weighted by atomic mass is 16.6. The third kappa shape index (κ3) is 2.66. The van der Waals surface area contributed by atoms with E-state index in [9.17, 15) is 0 Å². The minimum absolute atomic E-state index is 0.0613. The van der Waals surface area contributed by atoms with Crippen molar-refractivity contribution in [2.24, 2.45) is 17.8 Å². The first-order chi connectivity index (χ1) is 9.86. The fourth-order valence-corrected chi connectivity index (χ4v) is 4.40. The van der Waals surface area contributed by atoms with E-state index >= 15 is 0 Å². The molecular formula is C18H32O3. The van der Waals surface area contributed by atoms with Crippen LogP contribution in [-0.2, 0) is 14.2 Å². The molecule has 0 N–H and O–H groups in total. The minimum Gasteiger partial charge on any atom is -0.376 e. The van der Waals surface area contributed by atoms with E-state index in [-0.39, 0.29) is 23.4 Å². The number of hydrogen-bond donors (Lipinski definition) is 0. The predicted molar refractivity (Wildman–Crippen MR) is 83.3 cm³/mol. The summed E-state index contributed by atoms with van der Waals surface area (Å²) in [6, 6.07) is 0. The summed E-state index contributed by atoms with van der Waals surface area (Å²) in [5.74, 6) is 1.89. The van der Waals surface area contributed by atoms with E-state index in [0.717, 1.165) is 32.0 Å². The third-order valence-corrected chi connectivity index (χ3v) is 6.60. The monoisotopic (exact) mass is 296 g/mol. The van der Waals surface area contributed by atoms with E-state index in [1.807, 2.05) is 0 Å². The van der Waals surface area contributed by atoms with Gasteiger partial charge in [0.25, 0.3) is 0 Å². The van der Waals surface area contributed by atoms with Crippen LogP contribution in [0.1, 0.15) is 60.3 Å². The largest absolute Gasteiger partial charge is 0.376 e. The van der Waals surface area contributed by atoms with Crippen LogP contribution >= 0.6 is 0 Å². The predicted octanol–water partition coefficient (Wildman–Crippen LogP) is 3.80. The molecule has 0 spiro atoms. The van der Waals surface area contributed by atoms with E-state index in [0.29, 0.717) is 11.8 Å². The number of ether oxygens (including phenoxy) is 3. The first-order valence-electron chi connectivity index (χ1n) is 8.80. The van der Waals surface area contributed by atoms with E-state index in [1.165, 1.54) is 12.8 Å². The molecule has 0 aromatic carbocycles. The van der Waals surface area contributed by atoms with Crippen molar-refractivity contribution in [1.29, 1.82) is 0 Å². The molecule has 3 heterocycles. The highest BCUT2D eigenvalue weighted by Crippen LogP contribution is 2.55. The molecule has 3 nitrogen and oxygen atoms in total. The Labute approximate surface area is 129 Å². The zero-order valence-corrected chi connectivity index (χ0v) is 14.4. The quantitative estimate of drug-likeness (QED) is 0.790. The van der Waals surface area contributed by atoms with Crippen LogP contribution in [0.2, 0.25) is 0 Å². The van der Waals surface area contributed by atoms with Gasteiger partial charge in [-0.1, -0.05) is 27.7 Å². The van der Waals surface area contributed by atoms with Crippen LogP contribution in [0.3, 0.4) is 0 Å². The Morgan fingerprint density at radius 3 is 2.67 bits per heavy atom. The smallest absolute Gasteiger partial charge is 0.0924 e. The number of rotatable bonds is 4. The summed E-state index contributed by atoms with van der Waals surface area (Å²) in [5, 5.41) is 0. The van der Waals surface area contributed by atoms with Crippen molar-refractivity contribution in [2.45, 2.75) is 83.7 Å². The summed E-state index contributed by atoms with van der Waals surface area (Å²) in [5.41, 5.74) is -0.0143. The van der Waals surface area contributed by atoms with Gasteiger partial charge in [0, 0.05) is 13.0 Å². The maximum atomic E-state index is 6.44. The summed E-state index contributed by atoms with van der Waals surface area (Å²) < 4.78 is 18.7. The molecule has 3 rings (SSSR count). The van der Waals surface area contributed by atoms with Crippen LogP contribution in [0.25, 0.3) is 0 Å². The zero-order chi connectivity index (χ0) is 15.3. The van der Waals surface area contributed by atoms with Gasteiger partial charge in [0.2, 0.25) is 0 Å². The second-order valence-electron chi connectivity index (χ2n) is 8.19. The molecule has 0 aromatic rings. The summed E-state index contributed by atoms with van der Waals surface area (Å²) in [7, 11) is 0. The topological polar surface area (TPSA) is 27.7 Å². The van der Waals surface area contributed by atoms with Crippen LogP contribution < -0.4 is 0 Å². The van der Waals surface area contributed by atoms with E-state index in [4.69, 9.17) is 14.2 Å². The molecule has 0 radical (unpaired) electrons. The van der Waals surface area contributed by atoms with Crippen molar-refractivity contribution in [3.63, 3.8) is 0 Å². The molecule has 0 amide bonds. The Morgan fingerprint density at radius 1 is 1.24 bits per heavy atom. The third-order valence-electron chi connectivity index (χ3n) is 6.60. The second-order valence-corrected chi connectivity index (χ2v) is 8.19. The maximum absolute atomic E-state index is 6.44. The normalized spacial score (nSPS) is 50.0. The van der Waals surface area contributed by atoms with Crippen LogP contribution in [0.5, 0.6) is 0 Å². The molecular weight excluding hydrogens is 264 g/mol. The minimum atomic E-state index is -0.0756. The van der Waals surface area contributed by atoms with Gasteiger partial charge in [0.05, 0.1) is 30.0 Å². The van der Waals surface area contributed by atoms with Crippen molar-refractivity contribution >= 4 is 0 Å². The number of fused-ring (bicyclic) bond motifs is 2. The Kier molecular flexibility index (Phi) is 4.13. The van der Waals surface area contributed by atoms with Gasteiger partial charge in [0.15, 0.2) is 0 Å². The van der Waals surface area contributed by atoms with Crippen LogP contribution in [-0.4, -0.2) is 36.6 Å². The lowest BCUT2D eigenvalue weighted by Crippen LogP contribution is -2.43. The second kappa shape index (κ2) is 5.50. The lowest BCUT2D eigenvalue weighted by molar-refractivity contribution is -0.130. The average Bonchev–Trinajstić information content (AvgIpc) is 2.93. The molecule has 5 unspecified atom stereocenters. The molecule has 21 heavy (non-hydrogen) atoms. The van der Waals surface area contributed by atoms with E-state index in [2.05, 4.69) is 34.6 Å². The molecule has 0 saturated carbocycles. The maximum Gasteiger partial charge on any atom is 0.0924 e. The fraction of sp³-hybridized carbons (Fsp3) is 1.00. The van der Waals surface area contributed by atoms with Crippen molar-refractivity contribution in [3.8, 4) is 0 Å². The first kappa shape index (κ1) is 15.8. The molecule has 0 aliphatic carbocycles. The molecule has 3 aliphatic rings. The molecule has 122 valence electrons. The molecule has 3 aliphatic heterocycles. The molecule has 0 aromatic heterocycles. The van der Waals surface area contributed by atoms with Crippen LogP contribution in [0, 0.1) is 17.8 Å². The molecule has 2 bridgehead atoms.